The lowest BCUT2D eigenvalue weighted by molar-refractivity contribution is -0.142. The number of urea groups is 1. The largest absolute Gasteiger partial charge is 0.481 e. The highest BCUT2D eigenvalue weighted by Gasteiger charge is 2.30. The molecule has 2 amide bonds. The highest BCUT2D eigenvalue weighted by molar-refractivity contribution is 5.76. The van der Waals surface area contributed by atoms with Crippen LogP contribution in [0.4, 0.5) is 4.79 Å². The van der Waals surface area contributed by atoms with Crippen LogP contribution in [0.3, 0.4) is 0 Å². The third-order valence-electron chi connectivity index (χ3n) is 3.63. The Balaban J connectivity index is 2.29. The summed E-state index contributed by atoms with van der Waals surface area (Å²) in [5.74, 6) is -0.820. The van der Waals surface area contributed by atoms with Crippen LogP contribution in [0, 0.1) is 11.8 Å². The first-order valence-electron chi connectivity index (χ1n) is 7.85. The maximum Gasteiger partial charge on any atom is 0.315 e. The first-order chi connectivity index (χ1) is 10.0. The van der Waals surface area contributed by atoms with Crippen LogP contribution in [-0.4, -0.2) is 42.9 Å². The van der Waals surface area contributed by atoms with Crippen LogP contribution in [0.2, 0.25) is 0 Å². The van der Waals surface area contributed by atoms with E-state index in [0.29, 0.717) is 32.1 Å². The number of carbonyl (C=O) groups is 2. The fraction of sp³-hybridized carbons (Fsp3) is 0.867. The number of carboxylic acid groups (broad SMARTS) is 1. The van der Waals surface area contributed by atoms with E-state index in [1.54, 1.807) is 0 Å². The maximum atomic E-state index is 11.8. The van der Waals surface area contributed by atoms with Crippen LogP contribution in [0.25, 0.3) is 0 Å². The molecule has 1 rings (SSSR count). The van der Waals surface area contributed by atoms with Gasteiger partial charge in [0.05, 0.1) is 12.5 Å². The highest BCUT2D eigenvalue weighted by atomic mass is 16.5. The van der Waals surface area contributed by atoms with Crippen LogP contribution < -0.4 is 10.6 Å². The van der Waals surface area contributed by atoms with Crippen molar-refractivity contribution in [2.45, 2.75) is 52.0 Å². The number of hydrogen-bond donors (Lipinski definition) is 3. The minimum absolute atomic E-state index is 0.276. The van der Waals surface area contributed by atoms with Crippen molar-refractivity contribution in [3.8, 4) is 0 Å². The molecular formula is C15H28N2O4. The molecule has 0 aromatic carbocycles. The monoisotopic (exact) mass is 300 g/mol. The maximum absolute atomic E-state index is 11.8. The summed E-state index contributed by atoms with van der Waals surface area (Å²) in [6.45, 7) is 5.71. The lowest BCUT2D eigenvalue weighted by Crippen LogP contribution is -2.47. The Hall–Kier alpha value is -1.30. The van der Waals surface area contributed by atoms with Crippen molar-refractivity contribution in [1.82, 2.24) is 10.6 Å². The molecule has 21 heavy (non-hydrogen) atoms. The predicted octanol–water partition coefficient (Wildman–Crippen LogP) is 1.99. The number of aliphatic carboxylic acids is 1. The normalized spacial score (nSPS) is 22.6. The Labute approximate surface area is 126 Å². The summed E-state index contributed by atoms with van der Waals surface area (Å²) in [4.78, 5) is 23.1. The van der Waals surface area contributed by atoms with Crippen molar-refractivity contribution in [2.75, 3.05) is 19.8 Å². The first kappa shape index (κ1) is 17.8. The Kier molecular flexibility index (Phi) is 8.12. The zero-order valence-corrected chi connectivity index (χ0v) is 13.1. The topological polar surface area (TPSA) is 87.7 Å². The number of amides is 2. The number of carbonyl (C=O) groups excluding carboxylic acids is 1. The Morgan fingerprint density at radius 3 is 2.62 bits per heavy atom. The van der Waals surface area contributed by atoms with Gasteiger partial charge in [-0.1, -0.05) is 33.1 Å². The molecule has 0 aliphatic heterocycles. The smallest absolute Gasteiger partial charge is 0.315 e. The molecule has 2 unspecified atom stereocenters. The molecule has 1 aliphatic rings. The van der Waals surface area contributed by atoms with Crippen molar-refractivity contribution in [3.63, 3.8) is 0 Å². The van der Waals surface area contributed by atoms with Gasteiger partial charge in [-0.2, -0.15) is 0 Å². The van der Waals surface area contributed by atoms with Gasteiger partial charge in [0.1, 0.15) is 0 Å². The average Bonchev–Trinajstić information content (AvgIpc) is 2.63. The van der Waals surface area contributed by atoms with E-state index in [1.165, 1.54) is 0 Å². The summed E-state index contributed by atoms with van der Waals surface area (Å²) in [6, 6.07) is -0.581. The second-order valence-corrected chi connectivity index (χ2v) is 6.06. The van der Waals surface area contributed by atoms with Crippen molar-refractivity contribution in [1.29, 1.82) is 0 Å². The molecule has 2 atom stereocenters. The third kappa shape index (κ3) is 7.32. The quantitative estimate of drug-likeness (QED) is 0.495. The SMILES string of the molecule is CC(C)COCCNC(=O)NC1CCCCCC1C(=O)O. The van der Waals surface area contributed by atoms with Crippen LogP contribution in [0.15, 0.2) is 0 Å². The zero-order chi connectivity index (χ0) is 15.7. The molecule has 1 saturated carbocycles. The van der Waals surface area contributed by atoms with Crippen molar-refractivity contribution < 1.29 is 19.4 Å². The molecule has 1 fully saturated rings. The summed E-state index contributed by atoms with van der Waals surface area (Å²) in [6.07, 6.45) is 4.28. The zero-order valence-electron chi connectivity index (χ0n) is 13.1. The Morgan fingerprint density at radius 1 is 1.24 bits per heavy atom. The van der Waals surface area contributed by atoms with Gasteiger partial charge in [-0.15, -0.1) is 0 Å². The molecule has 0 saturated heterocycles. The Bertz CT molecular complexity index is 334. The molecule has 0 spiro atoms. The van der Waals surface area contributed by atoms with Gasteiger partial charge in [0.15, 0.2) is 0 Å². The fourth-order valence-electron chi connectivity index (χ4n) is 2.55. The molecule has 0 radical (unpaired) electrons. The molecular weight excluding hydrogens is 272 g/mol. The summed E-state index contributed by atoms with van der Waals surface area (Å²) in [5.41, 5.74) is 0. The first-order valence-corrected chi connectivity index (χ1v) is 7.85. The molecule has 3 N–H and O–H groups in total. The van der Waals surface area contributed by atoms with E-state index in [-0.39, 0.29) is 12.1 Å². The molecule has 0 heterocycles. The van der Waals surface area contributed by atoms with E-state index < -0.39 is 11.9 Å². The van der Waals surface area contributed by atoms with Crippen molar-refractivity contribution in [2.24, 2.45) is 11.8 Å². The minimum Gasteiger partial charge on any atom is -0.481 e. The van der Waals surface area contributed by atoms with Gasteiger partial charge in [0.25, 0.3) is 0 Å². The number of hydrogen-bond acceptors (Lipinski definition) is 3. The lowest BCUT2D eigenvalue weighted by atomic mass is 9.95. The molecule has 1 aliphatic carbocycles. The molecule has 6 nitrogen and oxygen atoms in total. The van der Waals surface area contributed by atoms with E-state index in [1.807, 2.05) is 0 Å². The molecule has 122 valence electrons. The Morgan fingerprint density at radius 2 is 1.95 bits per heavy atom. The van der Waals surface area contributed by atoms with Gasteiger partial charge in [-0.3, -0.25) is 4.79 Å². The van der Waals surface area contributed by atoms with E-state index in [2.05, 4.69) is 24.5 Å². The summed E-state index contributed by atoms with van der Waals surface area (Å²) in [7, 11) is 0. The third-order valence-corrected chi connectivity index (χ3v) is 3.63. The van der Waals surface area contributed by atoms with Gasteiger partial charge in [-0.25, -0.2) is 4.79 Å². The predicted molar refractivity (Wildman–Crippen MR) is 80.2 cm³/mol. The van der Waals surface area contributed by atoms with E-state index in [9.17, 15) is 14.7 Å². The van der Waals surface area contributed by atoms with E-state index in [0.717, 1.165) is 25.7 Å². The van der Waals surface area contributed by atoms with Crippen LogP contribution in [0.5, 0.6) is 0 Å². The van der Waals surface area contributed by atoms with Crippen molar-refractivity contribution >= 4 is 12.0 Å². The summed E-state index contributed by atoms with van der Waals surface area (Å²) < 4.78 is 5.38. The number of nitrogens with one attached hydrogen (secondary N) is 2. The fourth-order valence-corrected chi connectivity index (χ4v) is 2.55. The van der Waals surface area contributed by atoms with Crippen LogP contribution in [-0.2, 0) is 9.53 Å². The summed E-state index contributed by atoms with van der Waals surface area (Å²) >= 11 is 0. The molecule has 0 aromatic rings. The van der Waals surface area contributed by atoms with Gasteiger partial charge in [0, 0.05) is 19.2 Å². The number of carboxylic acids is 1. The van der Waals surface area contributed by atoms with E-state index in [4.69, 9.17) is 4.74 Å². The van der Waals surface area contributed by atoms with Gasteiger partial charge >= 0.3 is 12.0 Å². The standard InChI is InChI=1S/C15H28N2O4/c1-11(2)10-21-9-8-16-15(20)17-13-7-5-3-4-6-12(13)14(18)19/h11-13H,3-10H2,1-2H3,(H,18,19)(H2,16,17,20). The minimum atomic E-state index is -0.817. The van der Waals surface area contributed by atoms with Crippen molar-refractivity contribution in [3.05, 3.63) is 0 Å². The molecule has 0 aromatic heterocycles. The number of rotatable bonds is 7. The lowest BCUT2D eigenvalue weighted by Gasteiger charge is -2.23. The molecule has 0 bridgehead atoms. The van der Waals surface area contributed by atoms with Crippen LogP contribution >= 0.6 is 0 Å². The van der Waals surface area contributed by atoms with Crippen LogP contribution in [0.1, 0.15) is 46.0 Å². The summed E-state index contributed by atoms with van der Waals surface area (Å²) in [5, 5.41) is 14.8. The second-order valence-electron chi connectivity index (χ2n) is 6.06. The second kappa shape index (κ2) is 9.60. The highest BCUT2D eigenvalue weighted by Crippen LogP contribution is 2.23. The molecule has 6 heteroatoms. The van der Waals surface area contributed by atoms with Gasteiger partial charge in [0.2, 0.25) is 0 Å². The average molecular weight is 300 g/mol. The van der Waals surface area contributed by atoms with E-state index >= 15 is 0 Å². The van der Waals surface area contributed by atoms with Gasteiger partial charge < -0.3 is 20.5 Å². The number of ether oxygens (including phenoxy) is 1. The van der Waals surface area contributed by atoms with Gasteiger partial charge in [-0.05, 0) is 18.8 Å².